The number of nitrogen functional groups attached to an aromatic ring is 1. The second-order valence-corrected chi connectivity index (χ2v) is 7.73. The number of rotatable bonds is 2. The van der Waals surface area contributed by atoms with E-state index in [1.54, 1.807) is 11.3 Å². The van der Waals surface area contributed by atoms with Gasteiger partial charge in [0.15, 0.2) is 5.82 Å². The Morgan fingerprint density at radius 3 is 2.79 bits per heavy atom. The molecule has 6 heteroatoms. The third-order valence-electron chi connectivity index (χ3n) is 2.76. The van der Waals surface area contributed by atoms with Gasteiger partial charge in [-0.25, -0.2) is 0 Å². The van der Waals surface area contributed by atoms with Gasteiger partial charge >= 0.3 is 0 Å². The zero-order valence-electron chi connectivity index (χ0n) is 9.65. The van der Waals surface area contributed by atoms with Crippen LogP contribution in [0, 0.1) is 2.88 Å². The van der Waals surface area contributed by atoms with E-state index in [-0.39, 0.29) is 0 Å². The lowest BCUT2D eigenvalue weighted by Gasteiger charge is -2.03. The van der Waals surface area contributed by atoms with Gasteiger partial charge in [-0.15, -0.1) is 11.3 Å². The molecule has 0 radical (unpaired) electrons. The Balaban J connectivity index is 2.19. The number of nitrogens with zero attached hydrogens (tertiary/aromatic N) is 1. The molecule has 0 fully saturated rings. The zero-order chi connectivity index (χ0) is 13.4. The van der Waals surface area contributed by atoms with Crippen LogP contribution in [0.3, 0.4) is 0 Å². The van der Waals surface area contributed by atoms with E-state index in [1.807, 2.05) is 24.3 Å². The number of thiophene rings is 1. The van der Waals surface area contributed by atoms with Crippen molar-refractivity contribution in [3.63, 3.8) is 0 Å². The summed E-state index contributed by atoms with van der Waals surface area (Å²) in [5.41, 5.74) is 10.1. The molecule has 3 rings (SSSR count). The van der Waals surface area contributed by atoms with Crippen LogP contribution < -0.4 is 5.73 Å². The molecular weight excluding hydrogens is 437 g/mol. The van der Waals surface area contributed by atoms with Gasteiger partial charge in [-0.05, 0) is 46.4 Å². The zero-order valence-corrected chi connectivity index (χ0v) is 14.2. The minimum Gasteiger partial charge on any atom is -0.382 e. The summed E-state index contributed by atoms with van der Waals surface area (Å²) < 4.78 is 2.26. The number of hydrogen-bond donors (Lipinski definition) is 2. The summed E-state index contributed by atoms with van der Waals surface area (Å²) >= 11 is 7.50. The van der Waals surface area contributed by atoms with E-state index in [1.165, 1.54) is 2.88 Å². The Labute approximate surface area is 136 Å². The maximum Gasteiger partial charge on any atom is 0.153 e. The SMILES string of the molecule is Nc1n[nH]c(-c2csc(I)c2)c1-c1cccc(Br)c1. The van der Waals surface area contributed by atoms with E-state index >= 15 is 0 Å². The van der Waals surface area contributed by atoms with E-state index in [0.29, 0.717) is 5.82 Å². The molecule has 0 bridgehead atoms. The standard InChI is InChI=1S/C13H9BrIN3S/c14-9-3-1-2-7(4-9)11-12(17-18-13(11)16)8-5-10(15)19-6-8/h1-6H,(H3,16,17,18). The first-order valence-corrected chi connectivity index (χ1v) is 8.24. The second-order valence-electron chi connectivity index (χ2n) is 4.01. The van der Waals surface area contributed by atoms with Gasteiger partial charge in [-0.2, -0.15) is 5.10 Å². The number of anilines is 1. The van der Waals surface area contributed by atoms with Crippen LogP contribution in [0.4, 0.5) is 5.82 Å². The van der Waals surface area contributed by atoms with Crippen LogP contribution in [0.5, 0.6) is 0 Å². The first-order valence-electron chi connectivity index (χ1n) is 5.49. The fourth-order valence-corrected chi connectivity index (χ4v) is 3.68. The van der Waals surface area contributed by atoms with Crippen molar-refractivity contribution in [1.29, 1.82) is 0 Å². The molecule has 0 atom stereocenters. The lowest BCUT2D eigenvalue weighted by atomic mass is 10.0. The number of hydrogen-bond acceptors (Lipinski definition) is 3. The molecule has 3 nitrogen and oxygen atoms in total. The smallest absolute Gasteiger partial charge is 0.153 e. The molecule has 3 aromatic rings. The van der Waals surface area contributed by atoms with Crippen molar-refractivity contribution < 1.29 is 0 Å². The van der Waals surface area contributed by atoms with Gasteiger partial charge in [-0.1, -0.05) is 28.1 Å². The molecular formula is C13H9BrIN3S. The summed E-state index contributed by atoms with van der Waals surface area (Å²) in [6, 6.07) is 10.2. The highest BCUT2D eigenvalue weighted by Gasteiger charge is 2.15. The fourth-order valence-electron chi connectivity index (χ4n) is 1.94. The Bertz CT molecular complexity index is 735. The van der Waals surface area contributed by atoms with Crippen molar-refractivity contribution in [2.24, 2.45) is 0 Å². The number of nitrogens with one attached hydrogen (secondary N) is 1. The average molecular weight is 446 g/mol. The number of benzene rings is 1. The van der Waals surface area contributed by atoms with Crippen LogP contribution in [-0.2, 0) is 0 Å². The third-order valence-corrected chi connectivity index (χ3v) is 5.05. The van der Waals surface area contributed by atoms with Crippen LogP contribution in [0.1, 0.15) is 0 Å². The summed E-state index contributed by atoms with van der Waals surface area (Å²) in [6.45, 7) is 0. The number of aromatic amines is 1. The normalized spacial score (nSPS) is 10.8. The Morgan fingerprint density at radius 2 is 2.11 bits per heavy atom. The van der Waals surface area contributed by atoms with Gasteiger partial charge < -0.3 is 5.73 Å². The van der Waals surface area contributed by atoms with Gasteiger partial charge in [0.25, 0.3) is 0 Å². The van der Waals surface area contributed by atoms with Gasteiger partial charge in [0, 0.05) is 15.4 Å². The fraction of sp³-hybridized carbons (Fsp3) is 0. The largest absolute Gasteiger partial charge is 0.382 e. The van der Waals surface area contributed by atoms with Crippen LogP contribution in [0.25, 0.3) is 22.4 Å². The molecule has 0 aliphatic rings. The van der Waals surface area contributed by atoms with Gasteiger partial charge in [0.05, 0.1) is 14.1 Å². The van der Waals surface area contributed by atoms with Crippen LogP contribution in [0.15, 0.2) is 40.2 Å². The number of aromatic nitrogens is 2. The first kappa shape index (κ1) is 13.1. The molecule has 0 unspecified atom stereocenters. The Hall–Kier alpha value is -0.860. The molecule has 1 aromatic carbocycles. The molecule has 0 saturated heterocycles. The molecule has 0 aliphatic heterocycles. The molecule has 96 valence electrons. The summed E-state index contributed by atoms with van der Waals surface area (Å²) in [5.74, 6) is 0.523. The molecule has 2 aromatic heterocycles. The lowest BCUT2D eigenvalue weighted by molar-refractivity contribution is 1.10. The highest BCUT2D eigenvalue weighted by Crippen LogP contribution is 2.37. The first-order chi connectivity index (χ1) is 9.15. The highest BCUT2D eigenvalue weighted by atomic mass is 127. The minimum atomic E-state index is 0.523. The van der Waals surface area contributed by atoms with Crippen molar-refractivity contribution >= 4 is 55.7 Å². The maximum absolute atomic E-state index is 6.01. The Morgan fingerprint density at radius 1 is 1.26 bits per heavy atom. The summed E-state index contributed by atoms with van der Waals surface area (Å²) in [5, 5.41) is 9.29. The maximum atomic E-state index is 6.01. The van der Waals surface area contributed by atoms with E-state index < -0.39 is 0 Å². The predicted molar refractivity (Wildman–Crippen MR) is 92.2 cm³/mol. The monoisotopic (exact) mass is 445 g/mol. The molecule has 3 N–H and O–H groups in total. The van der Waals surface area contributed by atoms with Crippen LogP contribution in [-0.4, -0.2) is 10.2 Å². The van der Waals surface area contributed by atoms with Crippen LogP contribution in [0.2, 0.25) is 0 Å². The quantitative estimate of drug-likeness (QED) is 0.559. The van der Waals surface area contributed by atoms with E-state index in [4.69, 9.17) is 5.73 Å². The molecule has 0 aliphatic carbocycles. The van der Waals surface area contributed by atoms with E-state index in [0.717, 1.165) is 26.9 Å². The van der Waals surface area contributed by atoms with Crippen molar-refractivity contribution in [3.05, 3.63) is 43.1 Å². The van der Waals surface area contributed by atoms with E-state index in [9.17, 15) is 0 Å². The third kappa shape index (κ3) is 2.56. The number of halogens is 2. The summed E-state index contributed by atoms with van der Waals surface area (Å²) in [6.07, 6.45) is 0. The van der Waals surface area contributed by atoms with Crippen molar-refractivity contribution in [1.82, 2.24) is 10.2 Å². The van der Waals surface area contributed by atoms with Crippen LogP contribution >= 0.6 is 49.9 Å². The topological polar surface area (TPSA) is 54.7 Å². The van der Waals surface area contributed by atoms with Crippen molar-refractivity contribution in [2.75, 3.05) is 5.73 Å². The predicted octanol–water partition coefficient (Wildman–Crippen LogP) is 4.75. The molecule has 0 saturated carbocycles. The molecule has 2 heterocycles. The number of H-pyrrole nitrogens is 1. The average Bonchev–Trinajstić information content (AvgIpc) is 2.95. The second kappa shape index (κ2) is 5.26. The minimum absolute atomic E-state index is 0.523. The summed E-state index contributed by atoms with van der Waals surface area (Å²) in [4.78, 5) is 0. The highest BCUT2D eigenvalue weighted by molar-refractivity contribution is 14.1. The lowest BCUT2D eigenvalue weighted by Crippen LogP contribution is -1.88. The van der Waals surface area contributed by atoms with Gasteiger partial charge in [0.1, 0.15) is 0 Å². The van der Waals surface area contributed by atoms with E-state index in [2.05, 4.69) is 60.2 Å². The molecule has 0 amide bonds. The van der Waals surface area contributed by atoms with Gasteiger partial charge in [-0.3, -0.25) is 5.10 Å². The number of nitrogens with two attached hydrogens (primary N) is 1. The Kier molecular flexibility index (Phi) is 3.64. The van der Waals surface area contributed by atoms with Crippen molar-refractivity contribution in [2.45, 2.75) is 0 Å². The molecule has 0 spiro atoms. The summed E-state index contributed by atoms with van der Waals surface area (Å²) in [7, 11) is 0. The molecule has 19 heavy (non-hydrogen) atoms. The van der Waals surface area contributed by atoms with Crippen molar-refractivity contribution in [3.8, 4) is 22.4 Å². The van der Waals surface area contributed by atoms with Gasteiger partial charge in [0.2, 0.25) is 0 Å².